The van der Waals surface area contributed by atoms with Crippen molar-refractivity contribution in [3.8, 4) is 0 Å². The minimum atomic E-state index is -0.0652. The number of carbonyl (C=O) groups is 2. The average molecular weight is 253 g/mol. The third-order valence-corrected chi connectivity index (χ3v) is 2.62. The van der Waals surface area contributed by atoms with Gasteiger partial charge in [-0.1, -0.05) is 6.08 Å². The van der Waals surface area contributed by atoms with Gasteiger partial charge in [-0.05, 0) is 34.1 Å². The van der Waals surface area contributed by atoms with Crippen molar-refractivity contribution in [1.29, 1.82) is 0 Å². The Bertz CT molecular complexity index is 348. The standard InChI is InChI=1S/C13H23N3O2/c1-9(2)14-12(17)11-5-7-16(8-6-11)13(18)15-10(3)4/h5,9-10H,6-8H2,1-4H3,(H,14,17)(H,15,18). The molecule has 5 heteroatoms. The molecule has 1 heterocycles. The summed E-state index contributed by atoms with van der Waals surface area (Å²) in [5.41, 5.74) is 0.775. The summed E-state index contributed by atoms with van der Waals surface area (Å²) in [6, 6.07) is 0.206. The molecular formula is C13H23N3O2. The second-order valence-electron chi connectivity index (χ2n) is 5.16. The monoisotopic (exact) mass is 253 g/mol. The van der Waals surface area contributed by atoms with Crippen molar-refractivity contribution in [3.63, 3.8) is 0 Å². The lowest BCUT2D eigenvalue weighted by atomic mass is 10.1. The molecule has 0 aromatic carbocycles. The Balaban J connectivity index is 2.50. The van der Waals surface area contributed by atoms with Crippen LogP contribution in [0, 0.1) is 0 Å². The lowest BCUT2D eigenvalue weighted by Gasteiger charge is -2.27. The molecule has 0 aromatic rings. The first-order chi connectivity index (χ1) is 8.40. The summed E-state index contributed by atoms with van der Waals surface area (Å²) in [4.78, 5) is 25.2. The van der Waals surface area contributed by atoms with Crippen molar-refractivity contribution in [2.24, 2.45) is 0 Å². The van der Waals surface area contributed by atoms with Gasteiger partial charge < -0.3 is 15.5 Å². The summed E-state index contributed by atoms with van der Waals surface area (Å²) in [7, 11) is 0. The first kappa shape index (κ1) is 14.5. The fourth-order valence-corrected chi connectivity index (χ4v) is 1.75. The number of carbonyl (C=O) groups excluding carboxylic acids is 2. The van der Waals surface area contributed by atoms with E-state index in [2.05, 4.69) is 10.6 Å². The van der Waals surface area contributed by atoms with Gasteiger partial charge in [-0.25, -0.2) is 4.79 Å². The van der Waals surface area contributed by atoms with Crippen LogP contribution in [0.4, 0.5) is 4.79 Å². The molecular weight excluding hydrogens is 230 g/mol. The van der Waals surface area contributed by atoms with E-state index in [0.29, 0.717) is 19.5 Å². The second-order valence-corrected chi connectivity index (χ2v) is 5.16. The average Bonchev–Trinajstić information content (AvgIpc) is 2.27. The molecule has 1 aliphatic heterocycles. The van der Waals surface area contributed by atoms with E-state index >= 15 is 0 Å². The summed E-state index contributed by atoms with van der Waals surface area (Å²) in [5, 5.41) is 5.71. The predicted octanol–water partition coefficient (Wildman–Crippen LogP) is 1.26. The zero-order chi connectivity index (χ0) is 13.7. The van der Waals surface area contributed by atoms with Gasteiger partial charge in [0.1, 0.15) is 0 Å². The van der Waals surface area contributed by atoms with Crippen LogP contribution in [0.15, 0.2) is 11.6 Å². The molecule has 0 fully saturated rings. The molecule has 3 amide bonds. The van der Waals surface area contributed by atoms with Crippen molar-refractivity contribution in [2.45, 2.75) is 46.2 Å². The summed E-state index contributed by atoms with van der Waals surface area (Å²) in [5.74, 6) is -0.0195. The Morgan fingerprint density at radius 3 is 2.22 bits per heavy atom. The molecule has 1 rings (SSSR count). The summed E-state index contributed by atoms with van der Waals surface area (Å²) in [6.07, 6.45) is 2.45. The van der Waals surface area contributed by atoms with Crippen LogP contribution in [-0.2, 0) is 4.79 Å². The smallest absolute Gasteiger partial charge is 0.317 e. The third-order valence-electron chi connectivity index (χ3n) is 2.62. The van der Waals surface area contributed by atoms with Crippen LogP contribution in [0.2, 0.25) is 0 Å². The number of hydrogen-bond acceptors (Lipinski definition) is 2. The Morgan fingerprint density at radius 2 is 1.78 bits per heavy atom. The fraction of sp³-hybridized carbons (Fsp3) is 0.692. The number of rotatable bonds is 3. The van der Waals surface area contributed by atoms with Gasteiger partial charge in [0.2, 0.25) is 5.91 Å². The first-order valence-electron chi connectivity index (χ1n) is 6.45. The molecule has 0 spiro atoms. The lowest BCUT2D eigenvalue weighted by molar-refractivity contribution is -0.118. The zero-order valence-corrected chi connectivity index (χ0v) is 11.6. The van der Waals surface area contributed by atoms with Crippen LogP contribution in [-0.4, -0.2) is 42.0 Å². The highest BCUT2D eigenvalue weighted by Crippen LogP contribution is 2.11. The maximum atomic E-state index is 11.8. The van der Waals surface area contributed by atoms with Gasteiger partial charge in [-0.15, -0.1) is 0 Å². The van der Waals surface area contributed by atoms with Crippen molar-refractivity contribution >= 4 is 11.9 Å². The summed E-state index contributed by atoms with van der Waals surface area (Å²) < 4.78 is 0. The molecule has 2 N–H and O–H groups in total. The van der Waals surface area contributed by atoms with E-state index in [1.165, 1.54) is 0 Å². The van der Waals surface area contributed by atoms with Crippen LogP contribution in [0.5, 0.6) is 0 Å². The summed E-state index contributed by atoms with van der Waals surface area (Å²) >= 11 is 0. The Hall–Kier alpha value is -1.52. The maximum Gasteiger partial charge on any atom is 0.317 e. The maximum absolute atomic E-state index is 11.8. The molecule has 0 saturated carbocycles. The van der Waals surface area contributed by atoms with Gasteiger partial charge in [-0.2, -0.15) is 0 Å². The molecule has 0 saturated heterocycles. The van der Waals surface area contributed by atoms with Crippen molar-refractivity contribution < 1.29 is 9.59 Å². The Kier molecular flexibility index (Phi) is 5.19. The number of hydrogen-bond donors (Lipinski definition) is 2. The highest BCUT2D eigenvalue weighted by atomic mass is 16.2. The normalized spacial score (nSPS) is 15.7. The third kappa shape index (κ3) is 4.39. The van der Waals surface area contributed by atoms with Gasteiger partial charge in [0, 0.05) is 30.7 Å². The van der Waals surface area contributed by atoms with Gasteiger partial charge in [0.25, 0.3) is 0 Å². The Morgan fingerprint density at radius 1 is 1.17 bits per heavy atom. The molecule has 18 heavy (non-hydrogen) atoms. The van der Waals surface area contributed by atoms with E-state index in [-0.39, 0.29) is 24.0 Å². The van der Waals surface area contributed by atoms with Crippen LogP contribution in [0.3, 0.4) is 0 Å². The molecule has 0 atom stereocenters. The number of nitrogens with one attached hydrogen (secondary N) is 2. The molecule has 0 bridgehead atoms. The van der Waals surface area contributed by atoms with Gasteiger partial charge in [-0.3, -0.25) is 4.79 Å². The molecule has 5 nitrogen and oxygen atoms in total. The number of nitrogens with zero attached hydrogens (tertiary/aromatic N) is 1. The minimum Gasteiger partial charge on any atom is -0.350 e. The first-order valence-corrected chi connectivity index (χ1v) is 6.45. The van der Waals surface area contributed by atoms with Crippen molar-refractivity contribution in [3.05, 3.63) is 11.6 Å². The largest absolute Gasteiger partial charge is 0.350 e. The quantitative estimate of drug-likeness (QED) is 0.795. The van der Waals surface area contributed by atoms with Crippen molar-refractivity contribution in [2.75, 3.05) is 13.1 Å². The summed E-state index contributed by atoms with van der Waals surface area (Å²) in [6.45, 7) is 8.82. The van der Waals surface area contributed by atoms with E-state index in [1.807, 2.05) is 33.8 Å². The molecule has 102 valence electrons. The topological polar surface area (TPSA) is 61.4 Å². The molecule has 0 aliphatic carbocycles. The van der Waals surface area contributed by atoms with Crippen molar-refractivity contribution in [1.82, 2.24) is 15.5 Å². The molecule has 0 aromatic heterocycles. The minimum absolute atomic E-state index is 0.0195. The highest BCUT2D eigenvalue weighted by Gasteiger charge is 2.20. The molecule has 0 unspecified atom stereocenters. The second kappa shape index (κ2) is 6.42. The zero-order valence-electron chi connectivity index (χ0n) is 11.6. The van der Waals surface area contributed by atoms with Crippen LogP contribution >= 0.6 is 0 Å². The fourth-order valence-electron chi connectivity index (χ4n) is 1.75. The predicted molar refractivity (Wildman–Crippen MR) is 71.2 cm³/mol. The van der Waals surface area contributed by atoms with E-state index in [4.69, 9.17) is 0 Å². The van der Waals surface area contributed by atoms with Crippen LogP contribution in [0.25, 0.3) is 0 Å². The van der Waals surface area contributed by atoms with E-state index in [1.54, 1.807) is 4.90 Å². The number of urea groups is 1. The van der Waals surface area contributed by atoms with E-state index < -0.39 is 0 Å². The van der Waals surface area contributed by atoms with Gasteiger partial charge in [0.15, 0.2) is 0 Å². The van der Waals surface area contributed by atoms with E-state index in [9.17, 15) is 9.59 Å². The SMILES string of the molecule is CC(C)NC(=O)C1=CCN(C(=O)NC(C)C)CC1. The molecule has 1 aliphatic rings. The molecule has 0 radical (unpaired) electrons. The van der Waals surface area contributed by atoms with Gasteiger partial charge in [0.05, 0.1) is 0 Å². The van der Waals surface area contributed by atoms with E-state index in [0.717, 1.165) is 5.57 Å². The number of amides is 3. The lowest BCUT2D eigenvalue weighted by Crippen LogP contribution is -2.45. The van der Waals surface area contributed by atoms with Crippen LogP contribution in [0.1, 0.15) is 34.1 Å². The Labute approximate surface area is 109 Å². The van der Waals surface area contributed by atoms with Crippen LogP contribution < -0.4 is 10.6 Å². The van der Waals surface area contributed by atoms with Gasteiger partial charge >= 0.3 is 6.03 Å². The highest BCUT2D eigenvalue weighted by molar-refractivity contribution is 5.94.